The van der Waals surface area contributed by atoms with E-state index in [0.717, 1.165) is 17.8 Å². The van der Waals surface area contributed by atoms with Crippen LogP contribution in [0.3, 0.4) is 0 Å². The van der Waals surface area contributed by atoms with E-state index >= 15 is 0 Å². The van der Waals surface area contributed by atoms with Crippen LogP contribution in [0.5, 0.6) is 0 Å². The lowest BCUT2D eigenvalue weighted by atomic mass is 10.1. The van der Waals surface area contributed by atoms with Gasteiger partial charge in [-0.05, 0) is 5.56 Å². The van der Waals surface area contributed by atoms with E-state index in [4.69, 9.17) is 5.41 Å². The highest BCUT2D eigenvalue weighted by Crippen LogP contribution is 2.09. The summed E-state index contributed by atoms with van der Waals surface area (Å²) in [5, 5.41) is 11.2. The van der Waals surface area contributed by atoms with Gasteiger partial charge in [-0.1, -0.05) is 24.3 Å². The Balaban J connectivity index is 1.91. The number of hydrogen-bond donors (Lipinski definition) is 1. The van der Waals surface area contributed by atoms with Crippen molar-refractivity contribution in [3.8, 4) is 0 Å². The predicted octanol–water partition coefficient (Wildman–Crippen LogP) is 2.06. The maximum atomic E-state index is 7.03. The zero-order valence-electron chi connectivity index (χ0n) is 9.17. The number of benzene rings is 1. The van der Waals surface area contributed by atoms with Crippen molar-refractivity contribution in [1.29, 1.82) is 5.41 Å². The van der Waals surface area contributed by atoms with Crippen LogP contribution in [0.2, 0.25) is 0 Å². The van der Waals surface area contributed by atoms with Crippen LogP contribution in [0.1, 0.15) is 11.1 Å². The molecule has 0 fully saturated rings. The molecule has 3 aromatic rings. The van der Waals surface area contributed by atoms with E-state index in [-0.39, 0.29) is 0 Å². The molecule has 0 spiro atoms. The molecule has 1 aromatic carbocycles. The van der Waals surface area contributed by atoms with Crippen LogP contribution in [-0.4, -0.2) is 20.4 Å². The van der Waals surface area contributed by atoms with E-state index in [9.17, 15) is 0 Å². The van der Waals surface area contributed by atoms with E-state index in [2.05, 4.69) is 15.9 Å². The highest BCUT2D eigenvalue weighted by molar-refractivity contribution is 5.76. The van der Waals surface area contributed by atoms with Gasteiger partial charge >= 0.3 is 0 Å². The second-order valence-electron chi connectivity index (χ2n) is 3.88. The van der Waals surface area contributed by atoms with Crippen LogP contribution in [0.25, 0.3) is 5.65 Å². The summed E-state index contributed by atoms with van der Waals surface area (Å²) >= 11 is 0. The highest BCUT2D eigenvalue weighted by atomic mass is 15.3. The fraction of sp³-hybridized carbons (Fsp3) is 0.0769. The van der Waals surface area contributed by atoms with Crippen LogP contribution in [0, 0.1) is 5.41 Å². The minimum absolute atomic E-state index is 0.802. The third-order valence-electron chi connectivity index (χ3n) is 2.78. The molecule has 0 saturated heterocycles. The maximum Gasteiger partial charge on any atom is 0.136 e. The van der Waals surface area contributed by atoms with Crippen molar-refractivity contribution in [2.75, 3.05) is 0 Å². The summed E-state index contributed by atoms with van der Waals surface area (Å²) in [5.74, 6) is 0. The van der Waals surface area contributed by atoms with Gasteiger partial charge in [0.05, 0.1) is 12.4 Å². The van der Waals surface area contributed by atoms with Crippen LogP contribution in [0.4, 0.5) is 0 Å². The molecule has 2 heterocycles. The SMILES string of the molecule is N=[C]c1ccc(Cn2ccn3nccc23)cc1. The van der Waals surface area contributed by atoms with Gasteiger partial charge in [0.15, 0.2) is 0 Å². The number of fused-ring (bicyclic) bond motifs is 1. The molecule has 0 aliphatic rings. The van der Waals surface area contributed by atoms with Gasteiger partial charge < -0.3 is 4.57 Å². The fourth-order valence-corrected chi connectivity index (χ4v) is 1.89. The minimum Gasteiger partial charge on any atom is -0.327 e. The maximum absolute atomic E-state index is 7.03. The van der Waals surface area contributed by atoms with Crippen LogP contribution in [0.15, 0.2) is 48.9 Å². The van der Waals surface area contributed by atoms with E-state index in [1.807, 2.05) is 47.2 Å². The van der Waals surface area contributed by atoms with Crippen molar-refractivity contribution in [3.05, 3.63) is 60.0 Å². The van der Waals surface area contributed by atoms with E-state index in [1.165, 1.54) is 5.56 Å². The summed E-state index contributed by atoms with van der Waals surface area (Å²) in [6.07, 6.45) is 8.11. The molecule has 0 bridgehead atoms. The Labute approximate surface area is 98.6 Å². The molecule has 3 rings (SSSR count). The van der Waals surface area contributed by atoms with Crippen molar-refractivity contribution in [1.82, 2.24) is 14.2 Å². The Morgan fingerprint density at radius 3 is 2.71 bits per heavy atom. The first-order valence-electron chi connectivity index (χ1n) is 5.37. The number of rotatable bonds is 3. The molecule has 4 nitrogen and oxygen atoms in total. The van der Waals surface area contributed by atoms with Crippen LogP contribution >= 0.6 is 0 Å². The number of hydrogen-bond acceptors (Lipinski definition) is 2. The van der Waals surface area contributed by atoms with Crippen LogP contribution in [-0.2, 0) is 6.54 Å². The molecular weight excluding hydrogens is 212 g/mol. The second-order valence-corrected chi connectivity index (χ2v) is 3.88. The Hall–Kier alpha value is -2.36. The molecule has 0 aliphatic carbocycles. The molecule has 83 valence electrons. The standard InChI is InChI=1S/C13H11N4/c14-9-11-1-3-12(4-2-11)10-16-7-8-17-13(16)5-6-15-17/h1-8,14H,10H2. The van der Waals surface area contributed by atoms with Gasteiger partial charge in [-0.15, -0.1) is 0 Å². The molecular formula is C13H11N4. The van der Waals surface area contributed by atoms with Gasteiger partial charge in [0.1, 0.15) is 5.65 Å². The first-order chi connectivity index (χ1) is 8.36. The lowest BCUT2D eigenvalue weighted by Crippen LogP contribution is -1.98. The quantitative estimate of drug-likeness (QED) is 0.679. The molecule has 1 radical (unpaired) electrons. The summed E-state index contributed by atoms with van der Waals surface area (Å²) in [6, 6.07) is 9.83. The largest absolute Gasteiger partial charge is 0.327 e. The first-order valence-corrected chi connectivity index (χ1v) is 5.37. The zero-order valence-corrected chi connectivity index (χ0v) is 9.17. The van der Waals surface area contributed by atoms with Crippen molar-refractivity contribution in [3.63, 3.8) is 0 Å². The molecule has 0 aliphatic heterocycles. The van der Waals surface area contributed by atoms with E-state index in [0.29, 0.717) is 0 Å². The number of aromatic nitrogens is 3. The zero-order chi connectivity index (χ0) is 11.7. The molecule has 17 heavy (non-hydrogen) atoms. The van der Waals surface area contributed by atoms with E-state index < -0.39 is 0 Å². The summed E-state index contributed by atoms with van der Waals surface area (Å²) in [5.41, 5.74) is 3.08. The van der Waals surface area contributed by atoms with Crippen molar-refractivity contribution in [2.24, 2.45) is 0 Å². The summed E-state index contributed by atoms with van der Waals surface area (Å²) in [6.45, 7) is 0.806. The minimum atomic E-state index is 0.802. The Bertz CT molecular complexity index is 645. The normalized spacial score (nSPS) is 10.8. The first kappa shape index (κ1) is 9.84. The molecule has 1 N–H and O–H groups in total. The molecule has 2 aromatic heterocycles. The van der Waals surface area contributed by atoms with Gasteiger partial charge in [-0.3, -0.25) is 5.41 Å². The third-order valence-corrected chi connectivity index (χ3v) is 2.78. The summed E-state index contributed by atoms with van der Waals surface area (Å²) < 4.78 is 3.98. The lowest BCUT2D eigenvalue weighted by molar-refractivity contribution is 0.825. The number of imidazole rings is 1. The average Bonchev–Trinajstić information content (AvgIpc) is 2.95. The molecule has 0 amide bonds. The predicted molar refractivity (Wildman–Crippen MR) is 65.6 cm³/mol. The van der Waals surface area contributed by atoms with Gasteiger partial charge in [0.2, 0.25) is 0 Å². The van der Waals surface area contributed by atoms with Crippen molar-refractivity contribution >= 4 is 11.9 Å². The molecule has 0 atom stereocenters. The van der Waals surface area contributed by atoms with Crippen molar-refractivity contribution < 1.29 is 0 Å². The lowest BCUT2D eigenvalue weighted by Gasteiger charge is -2.03. The third kappa shape index (κ3) is 1.73. The Kier molecular flexibility index (Phi) is 2.26. The fourth-order valence-electron chi connectivity index (χ4n) is 1.89. The van der Waals surface area contributed by atoms with Gasteiger partial charge in [-0.2, -0.15) is 5.10 Å². The van der Waals surface area contributed by atoms with E-state index in [1.54, 1.807) is 6.20 Å². The van der Waals surface area contributed by atoms with Gasteiger partial charge in [0.25, 0.3) is 0 Å². The Morgan fingerprint density at radius 1 is 1.12 bits per heavy atom. The Morgan fingerprint density at radius 2 is 1.94 bits per heavy atom. The summed E-state index contributed by atoms with van der Waals surface area (Å²) in [7, 11) is 0. The smallest absolute Gasteiger partial charge is 0.136 e. The topological polar surface area (TPSA) is 46.1 Å². The van der Waals surface area contributed by atoms with Crippen LogP contribution < -0.4 is 0 Å². The van der Waals surface area contributed by atoms with Crippen molar-refractivity contribution in [2.45, 2.75) is 6.54 Å². The monoisotopic (exact) mass is 223 g/mol. The molecule has 0 saturated carbocycles. The summed E-state index contributed by atoms with van der Waals surface area (Å²) in [4.78, 5) is 0. The second kappa shape index (κ2) is 3.90. The number of nitrogens with one attached hydrogen (secondary N) is 1. The van der Waals surface area contributed by atoms with Gasteiger partial charge in [0, 0.05) is 30.6 Å². The molecule has 4 heteroatoms. The van der Waals surface area contributed by atoms with Gasteiger partial charge in [-0.25, -0.2) is 4.52 Å². The molecule has 0 unspecified atom stereocenters. The average molecular weight is 223 g/mol. The highest BCUT2D eigenvalue weighted by Gasteiger charge is 2.01. The number of nitrogens with zero attached hydrogens (tertiary/aromatic N) is 3.